The molecule has 150 valence electrons. The molecule has 0 aromatic heterocycles. The van der Waals surface area contributed by atoms with Crippen molar-refractivity contribution in [1.82, 2.24) is 4.31 Å². The number of methoxy groups -OCH3 is 1. The van der Waals surface area contributed by atoms with E-state index >= 15 is 0 Å². The highest BCUT2D eigenvalue weighted by Crippen LogP contribution is 2.32. The molecule has 1 atom stereocenters. The van der Waals surface area contributed by atoms with Gasteiger partial charge in [0.05, 0.1) is 24.2 Å². The smallest absolute Gasteiger partial charge is 0.244 e. The molecule has 8 heteroatoms. The Hall–Kier alpha value is -2.58. The van der Waals surface area contributed by atoms with Crippen LogP contribution in [0.25, 0.3) is 0 Å². The van der Waals surface area contributed by atoms with Gasteiger partial charge in [-0.25, -0.2) is 12.7 Å². The van der Waals surface area contributed by atoms with Crippen LogP contribution in [0.2, 0.25) is 0 Å². The number of carbonyl (C=O) groups is 1. The van der Waals surface area contributed by atoms with E-state index in [4.69, 9.17) is 4.74 Å². The standard InChI is InChI=1S/C20H25N3O4S/c1-14-11-15-7-5-6-8-18(15)23(14)13-20(24)21-17-12-16(9-10-19(17)27-4)28(25,26)22(2)3/h5-10,12,14H,11,13H2,1-4H3,(H,21,24)/t14-/m1/s1. The Morgan fingerprint density at radius 3 is 2.64 bits per heavy atom. The van der Waals surface area contributed by atoms with Crippen LogP contribution < -0.4 is 15.0 Å². The highest BCUT2D eigenvalue weighted by Gasteiger charge is 2.27. The van der Waals surface area contributed by atoms with Crippen molar-refractivity contribution in [3.8, 4) is 5.75 Å². The second-order valence-corrected chi connectivity index (χ2v) is 9.16. The van der Waals surface area contributed by atoms with Crippen LogP contribution in [0.1, 0.15) is 12.5 Å². The van der Waals surface area contributed by atoms with Crippen molar-refractivity contribution in [1.29, 1.82) is 0 Å². The summed E-state index contributed by atoms with van der Waals surface area (Å²) in [6.07, 6.45) is 0.892. The van der Waals surface area contributed by atoms with Crippen molar-refractivity contribution in [3.05, 3.63) is 48.0 Å². The SMILES string of the molecule is COc1ccc(S(=O)(=O)N(C)C)cc1NC(=O)CN1c2ccccc2C[C@H]1C. The minimum absolute atomic E-state index is 0.0912. The van der Waals surface area contributed by atoms with E-state index in [1.54, 1.807) is 6.07 Å². The lowest BCUT2D eigenvalue weighted by Crippen LogP contribution is -2.37. The Balaban J connectivity index is 1.82. The van der Waals surface area contributed by atoms with E-state index in [0.29, 0.717) is 11.4 Å². The molecule has 0 bridgehead atoms. The van der Waals surface area contributed by atoms with Gasteiger partial charge in [-0.2, -0.15) is 0 Å². The Kier molecular flexibility index (Phi) is 5.62. The van der Waals surface area contributed by atoms with E-state index in [0.717, 1.165) is 16.4 Å². The molecule has 1 heterocycles. The van der Waals surface area contributed by atoms with Gasteiger partial charge in [0.1, 0.15) is 5.75 Å². The molecular formula is C20H25N3O4S. The lowest BCUT2D eigenvalue weighted by molar-refractivity contribution is -0.115. The fourth-order valence-electron chi connectivity index (χ4n) is 3.37. The summed E-state index contributed by atoms with van der Waals surface area (Å²) in [4.78, 5) is 14.9. The second-order valence-electron chi connectivity index (χ2n) is 7.01. The van der Waals surface area contributed by atoms with Gasteiger partial charge in [0.2, 0.25) is 15.9 Å². The van der Waals surface area contributed by atoms with Gasteiger partial charge in [0, 0.05) is 25.8 Å². The van der Waals surface area contributed by atoms with Crippen LogP contribution in [-0.4, -0.2) is 52.4 Å². The minimum atomic E-state index is -3.62. The number of benzene rings is 2. The first-order valence-corrected chi connectivity index (χ1v) is 10.4. The average Bonchev–Trinajstić information content (AvgIpc) is 2.97. The number of carbonyl (C=O) groups excluding carboxylic acids is 1. The van der Waals surface area contributed by atoms with Crippen molar-refractivity contribution in [2.75, 3.05) is 38.0 Å². The summed E-state index contributed by atoms with van der Waals surface area (Å²) in [5, 5.41) is 2.80. The molecule has 3 rings (SSSR count). The third-order valence-corrected chi connectivity index (χ3v) is 6.70. The molecular weight excluding hydrogens is 378 g/mol. The van der Waals surface area contributed by atoms with E-state index in [1.165, 1.54) is 38.9 Å². The van der Waals surface area contributed by atoms with Crippen LogP contribution in [0.4, 0.5) is 11.4 Å². The molecule has 0 fully saturated rings. The van der Waals surface area contributed by atoms with Crippen LogP contribution in [0.5, 0.6) is 5.75 Å². The summed E-state index contributed by atoms with van der Waals surface area (Å²) in [6.45, 7) is 2.25. The monoisotopic (exact) mass is 403 g/mol. The lowest BCUT2D eigenvalue weighted by Gasteiger charge is -2.24. The number of nitrogens with zero attached hydrogens (tertiary/aromatic N) is 2. The maximum atomic E-state index is 12.7. The zero-order chi connectivity index (χ0) is 20.5. The van der Waals surface area contributed by atoms with Gasteiger partial charge in [0.15, 0.2) is 0 Å². The number of ether oxygens (including phenoxy) is 1. The number of anilines is 2. The first kappa shape index (κ1) is 20.2. The molecule has 0 unspecified atom stereocenters. The average molecular weight is 404 g/mol. The van der Waals surface area contributed by atoms with Gasteiger partial charge < -0.3 is 15.0 Å². The van der Waals surface area contributed by atoms with Crippen LogP contribution in [-0.2, 0) is 21.2 Å². The number of para-hydroxylation sites is 1. The van der Waals surface area contributed by atoms with Crippen molar-refractivity contribution in [2.45, 2.75) is 24.3 Å². The van der Waals surface area contributed by atoms with E-state index in [1.807, 2.05) is 18.2 Å². The van der Waals surface area contributed by atoms with Gasteiger partial charge in [-0.05, 0) is 43.2 Å². The summed E-state index contributed by atoms with van der Waals surface area (Å²) in [6, 6.07) is 12.7. The van der Waals surface area contributed by atoms with Crippen LogP contribution in [0.3, 0.4) is 0 Å². The molecule has 0 saturated carbocycles. The molecule has 0 radical (unpaired) electrons. The van der Waals surface area contributed by atoms with Gasteiger partial charge in [-0.15, -0.1) is 0 Å². The maximum Gasteiger partial charge on any atom is 0.244 e. The summed E-state index contributed by atoms with van der Waals surface area (Å²) in [5.74, 6) is 0.169. The maximum absolute atomic E-state index is 12.7. The molecule has 0 aliphatic carbocycles. The quantitative estimate of drug-likeness (QED) is 0.801. The lowest BCUT2D eigenvalue weighted by atomic mass is 10.1. The molecule has 28 heavy (non-hydrogen) atoms. The zero-order valence-corrected chi connectivity index (χ0v) is 17.3. The second kappa shape index (κ2) is 7.81. The first-order chi connectivity index (χ1) is 13.2. The molecule has 1 amide bonds. The van der Waals surface area contributed by atoms with E-state index in [2.05, 4.69) is 23.2 Å². The number of fused-ring (bicyclic) bond motifs is 1. The topological polar surface area (TPSA) is 79.0 Å². The van der Waals surface area contributed by atoms with Crippen molar-refractivity contribution in [3.63, 3.8) is 0 Å². The van der Waals surface area contributed by atoms with Crippen LogP contribution in [0, 0.1) is 0 Å². The number of amides is 1. The first-order valence-electron chi connectivity index (χ1n) is 8.99. The number of hydrogen-bond donors (Lipinski definition) is 1. The molecule has 1 aliphatic rings. The predicted octanol–water partition coefficient (Wildman–Crippen LogP) is 2.34. The Morgan fingerprint density at radius 2 is 1.96 bits per heavy atom. The van der Waals surface area contributed by atoms with Crippen LogP contribution in [0.15, 0.2) is 47.4 Å². The number of rotatable bonds is 6. The number of hydrogen-bond acceptors (Lipinski definition) is 5. The third kappa shape index (κ3) is 3.83. The van der Waals surface area contributed by atoms with Gasteiger partial charge in [0.25, 0.3) is 0 Å². The summed E-state index contributed by atoms with van der Waals surface area (Å²) in [5.41, 5.74) is 2.61. The molecule has 0 saturated heterocycles. The van der Waals surface area contributed by atoms with E-state index < -0.39 is 10.0 Å². The van der Waals surface area contributed by atoms with Crippen molar-refractivity contribution >= 4 is 27.3 Å². The largest absolute Gasteiger partial charge is 0.495 e. The number of sulfonamides is 1. The molecule has 2 aromatic rings. The summed E-state index contributed by atoms with van der Waals surface area (Å²) in [7, 11) is 0.785. The predicted molar refractivity (Wildman–Crippen MR) is 109 cm³/mol. The van der Waals surface area contributed by atoms with Crippen molar-refractivity contribution in [2.24, 2.45) is 0 Å². The molecule has 1 N–H and O–H groups in total. The van der Waals surface area contributed by atoms with Crippen LogP contribution >= 0.6 is 0 Å². The molecule has 7 nitrogen and oxygen atoms in total. The number of nitrogens with one attached hydrogen (secondary N) is 1. The Morgan fingerprint density at radius 1 is 1.25 bits per heavy atom. The fraction of sp³-hybridized carbons (Fsp3) is 0.350. The molecule has 2 aromatic carbocycles. The minimum Gasteiger partial charge on any atom is -0.495 e. The molecule has 0 spiro atoms. The van der Waals surface area contributed by atoms with Gasteiger partial charge in [-0.1, -0.05) is 18.2 Å². The highest BCUT2D eigenvalue weighted by atomic mass is 32.2. The highest BCUT2D eigenvalue weighted by molar-refractivity contribution is 7.89. The van der Waals surface area contributed by atoms with Gasteiger partial charge in [-0.3, -0.25) is 4.79 Å². The third-order valence-electron chi connectivity index (χ3n) is 4.89. The Labute approximate surface area is 166 Å². The normalized spacial score (nSPS) is 16.2. The Bertz CT molecular complexity index is 989. The summed E-state index contributed by atoms with van der Waals surface area (Å²) >= 11 is 0. The zero-order valence-electron chi connectivity index (χ0n) is 16.5. The van der Waals surface area contributed by atoms with E-state index in [9.17, 15) is 13.2 Å². The van der Waals surface area contributed by atoms with Crippen molar-refractivity contribution < 1.29 is 17.9 Å². The van der Waals surface area contributed by atoms with Gasteiger partial charge >= 0.3 is 0 Å². The fourth-order valence-corrected chi connectivity index (χ4v) is 4.30. The summed E-state index contributed by atoms with van der Waals surface area (Å²) < 4.78 is 31.2. The molecule has 1 aliphatic heterocycles. The van der Waals surface area contributed by atoms with E-state index in [-0.39, 0.29) is 23.4 Å².